The largest absolute Gasteiger partial charge is 0.530 e. The van der Waals surface area contributed by atoms with Crippen LogP contribution in [0.15, 0.2) is 48.5 Å². The first-order chi connectivity index (χ1) is 10.5. The van der Waals surface area contributed by atoms with Gasteiger partial charge in [0, 0.05) is 29.4 Å². The summed E-state index contributed by atoms with van der Waals surface area (Å²) >= 11 is 5.77. The van der Waals surface area contributed by atoms with Gasteiger partial charge in [-0.15, -0.1) is 0 Å². The Morgan fingerprint density at radius 1 is 1.09 bits per heavy atom. The Bertz CT molecular complexity index is 671. The van der Waals surface area contributed by atoms with Crippen molar-refractivity contribution in [3.8, 4) is 0 Å². The number of nitrogens with zero attached hydrogens (tertiary/aromatic N) is 2. The number of benzene rings is 2. The van der Waals surface area contributed by atoms with E-state index in [1.807, 2.05) is 0 Å². The Labute approximate surface area is 131 Å². The summed E-state index contributed by atoms with van der Waals surface area (Å²) in [6, 6.07) is 12.4. The van der Waals surface area contributed by atoms with E-state index in [1.54, 1.807) is 36.4 Å². The number of carbonyl (C=O) groups excluding carboxylic acids is 1. The summed E-state index contributed by atoms with van der Waals surface area (Å²) < 4.78 is 0. The fraction of sp³-hybridized carbons (Fsp3) is 0.133. The lowest BCUT2D eigenvalue weighted by Crippen LogP contribution is -2.42. The van der Waals surface area contributed by atoms with Crippen LogP contribution in [0.25, 0.3) is 0 Å². The topological polar surface area (TPSA) is 86.5 Å². The highest BCUT2D eigenvalue weighted by molar-refractivity contribution is 6.30. The molecule has 0 atom stereocenters. The van der Waals surface area contributed by atoms with Gasteiger partial charge in [-0.3, -0.25) is 10.1 Å². The number of non-ortho nitro benzene ring substituents is 1. The quantitative estimate of drug-likeness (QED) is 0.626. The molecule has 0 aliphatic carbocycles. The van der Waals surface area contributed by atoms with Crippen LogP contribution in [0.1, 0.15) is 5.56 Å². The molecule has 0 aliphatic rings. The van der Waals surface area contributed by atoms with Crippen LogP contribution in [0.2, 0.25) is 5.02 Å². The van der Waals surface area contributed by atoms with Crippen LogP contribution in [-0.4, -0.2) is 17.6 Å². The lowest BCUT2D eigenvalue weighted by atomic mass is 10.1. The lowest BCUT2D eigenvalue weighted by Gasteiger charge is -2.25. The first-order valence-corrected chi connectivity index (χ1v) is 6.82. The number of carbonyl (C=O) groups is 1. The van der Waals surface area contributed by atoms with Gasteiger partial charge in [0.05, 0.1) is 4.92 Å². The maximum Gasteiger partial charge on any atom is 0.269 e. The number of nitro groups is 1. The Hall–Kier alpha value is -2.60. The first kappa shape index (κ1) is 15.8. The van der Waals surface area contributed by atoms with E-state index in [2.05, 4.69) is 0 Å². The monoisotopic (exact) mass is 319 g/mol. The zero-order chi connectivity index (χ0) is 16.1. The number of hydrogen-bond donors (Lipinski definition) is 0. The molecule has 1 amide bonds. The Balaban J connectivity index is 2.07. The zero-order valence-corrected chi connectivity index (χ0v) is 12.2. The SMILES string of the molecule is O=C([O-])N(CCc1ccc([N+](=O)[O-])cc1)c1ccc(Cl)cc1. The highest BCUT2D eigenvalue weighted by atomic mass is 35.5. The molecule has 0 saturated heterocycles. The molecule has 114 valence electrons. The van der Waals surface area contributed by atoms with Gasteiger partial charge in [0.1, 0.15) is 6.09 Å². The molecule has 0 heterocycles. The molecule has 2 aromatic carbocycles. The van der Waals surface area contributed by atoms with Crippen molar-refractivity contribution < 1.29 is 14.8 Å². The molecule has 0 aromatic heterocycles. The maximum atomic E-state index is 11.2. The third kappa shape index (κ3) is 3.95. The summed E-state index contributed by atoms with van der Waals surface area (Å²) in [5.74, 6) is 0. The van der Waals surface area contributed by atoms with Crippen LogP contribution < -0.4 is 10.0 Å². The number of nitro benzene ring substituents is 1. The molecule has 2 aromatic rings. The molecule has 6 nitrogen and oxygen atoms in total. The van der Waals surface area contributed by atoms with E-state index >= 15 is 0 Å². The van der Waals surface area contributed by atoms with Gasteiger partial charge in [-0.1, -0.05) is 23.7 Å². The van der Waals surface area contributed by atoms with Gasteiger partial charge < -0.3 is 14.8 Å². The molecule has 0 unspecified atom stereocenters. The molecular formula is C15H12ClN2O4-. The molecular weight excluding hydrogens is 308 g/mol. The van der Waals surface area contributed by atoms with Crippen LogP contribution in [0.5, 0.6) is 0 Å². The molecule has 0 spiro atoms. The van der Waals surface area contributed by atoms with Crippen molar-refractivity contribution in [2.45, 2.75) is 6.42 Å². The number of anilines is 1. The van der Waals surface area contributed by atoms with Crippen molar-refractivity contribution in [3.63, 3.8) is 0 Å². The molecule has 0 N–H and O–H groups in total. The second kappa shape index (κ2) is 6.91. The molecule has 7 heteroatoms. The van der Waals surface area contributed by atoms with Crippen LogP contribution in [-0.2, 0) is 6.42 Å². The van der Waals surface area contributed by atoms with Crippen molar-refractivity contribution in [3.05, 3.63) is 69.2 Å². The van der Waals surface area contributed by atoms with Crippen LogP contribution >= 0.6 is 11.6 Å². The first-order valence-electron chi connectivity index (χ1n) is 6.45. The smallest absolute Gasteiger partial charge is 0.269 e. The number of amides is 1. The summed E-state index contributed by atoms with van der Waals surface area (Å²) in [6.07, 6.45) is -0.904. The summed E-state index contributed by atoms with van der Waals surface area (Å²) in [6.45, 7) is 0.182. The van der Waals surface area contributed by atoms with E-state index in [1.165, 1.54) is 12.1 Å². The summed E-state index contributed by atoms with van der Waals surface area (Å²) in [7, 11) is 0. The number of hydrogen-bond acceptors (Lipinski definition) is 4. The van der Waals surface area contributed by atoms with Crippen molar-refractivity contribution in [2.75, 3.05) is 11.4 Å². The predicted molar refractivity (Wildman–Crippen MR) is 81.0 cm³/mol. The Morgan fingerprint density at radius 2 is 1.68 bits per heavy atom. The van der Waals surface area contributed by atoms with Gasteiger partial charge in [-0.05, 0) is 36.2 Å². The molecule has 0 aliphatic heterocycles. The van der Waals surface area contributed by atoms with Crippen molar-refractivity contribution in [2.24, 2.45) is 0 Å². The average molecular weight is 320 g/mol. The third-order valence-corrected chi connectivity index (χ3v) is 3.38. The fourth-order valence-corrected chi connectivity index (χ4v) is 2.10. The van der Waals surface area contributed by atoms with E-state index in [4.69, 9.17) is 11.6 Å². The lowest BCUT2D eigenvalue weighted by molar-refractivity contribution is -0.384. The number of rotatable bonds is 5. The van der Waals surface area contributed by atoms with Crippen molar-refractivity contribution >= 4 is 29.1 Å². The van der Waals surface area contributed by atoms with Crippen molar-refractivity contribution in [1.82, 2.24) is 0 Å². The third-order valence-electron chi connectivity index (χ3n) is 3.13. The predicted octanol–water partition coefficient (Wildman–Crippen LogP) is 2.64. The fourth-order valence-electron chi connectivity index (χ4n) is 1.97. The summed E-state index contributed by atoms with van der Waals surface area (Å²) in [5.41, 5.74) is 1.26. The van der Waals surface area contributed by atoms with Gasteiger partial charge >= 0.3 is 0 Å². The van der Waals surface area contributed by atoms with Gasteiger partial charge in [0.25, 0.3) is 5.69 Å². The van der Waals surface area contributed by atoms with E-state index in [-0.39, 0.29) is 12.2 Å². The summed E-state index contributed by atoms with van der Waals surface area (Å²) in [5, 5.41) is 22.3. The highest BCUT2D eigenvalue weighted by Gasteiger charge is 2.09. The average Bonchev–Trinajstić information content (AvgIpc) is 2.49. The highest BCUT2D eigenvalue weighted by Crippen LogP contribution is 2.19. The summed E-state index contributed by atoms with van der Waals surface area (Å²) in [4.78, 5) is 22.4. The van der Waals surface area contributed by atoms with Crippen LogP contribution in [0, 0.1) is 10.1 Å². The standard InChI is InChI=1S/C15H13ClN2O4/c16-12-3-7-13(8-4-12)17(15(19)20)10-9-11-1-5-14(6-2-11)18(21)22/h1-8H,9-10H2,(H,19,20)/p-1. The second-order valence-corrected chi connectivity index (χ2v) is 5.00. The minimum Gasteiger partial charge on any atom is -0.530 e. The molecule has 0 bridgehead atoms. The minimum atomic E-state index is -1.32. The zero-order valence-electron chi connectivity index (χ0n) is 11.4. The number of carboxylic acid groups (broad SMARTS) is 1. The van der Waals surface area contributed by atoms with Crippen LogP contribution in [0.4, 0.5) is 16.2 Å². The van der Waals surface area contributed by atoms with Gasteiger partial charge in [0.2, 0.25) is 0 Å². The van der Waals surface area contributed by atoms with Gasteiger partial charge in [-0.25, -0.2) is 0 Å². The molecule has 0 fully saturated rings. The van der Waals surface area contributed by atoms with E-state index in [0.29, 0.717) is 17.1 Å². The Kier molecular flexibility index (Phi) is 4.95. The van der Waals surface area contributed by atoms with E-state index in [9.17, 15) is 20.0 Å². The Morgan fingerprint density at radius 3 is 2.18 bits per heavy atom. The van der Waals surface area contributed by atoms with E-state index in [0.717, 1.165) is 10.5 Å². The molecule has 0 saturated carbocycles. The van der Waals surface area contributed by atoms with Gasteiger partial charge in [-0.2, -0.15) is 0 Å². The normalized spacial score (nSPS) is 10.2. The van der Waals surface area contributed by atoms with Crippen molar-refractivity contribution in [1.29, 1.82) is 0 Å². The molecule has 2 rings (SSSR count). The minimum absolute atomic E-state index is 0.00166. The molecule has 0 radical (unpaired) electrons. The maximum absolute atomic E-state index is 11.2. The second-order valence-electron chi connectivity index (χ2n) is 4.57. The van der Waals surface area contributed by atoms with Gasteiger partial charge in [0.15, 0.2) is 0 Å². The molecule has 22 heavy (non-hydrogen) atoms. The van der Waals surface area contributed by atoms with E-state index < -0.39 is 11.0 Å². The van der Waals surface area contributed by atoms with Crippen LogP contribution in [0.3, 0.4) is 0 Å². The number of halogens is 1.